The highest BCUT2D eigenvalue weighted by molar-refractivity contribution is 6.11. The molecule has 0 unspecified atom stereocenters. The van der Waals surface area contributed by atoms with Crippen molar-refractivity contribution in [2.24, 2.45) is 0 Å². The molecule has 8 aromatic rings. The van der Waals surface area contributed by atoms with Crippen LogP contribution in [0.15, 0.2) is 127 Å². The number of allylic oxidation sites excluding steroid dienone is 1. The van der Waals surface area contributed by atoms with E-state index in [4.69, 9.17) is 15.0 Å². The molecule has 9 rings (SSSR count). The van der Waals surface area contributed by atoms with E-state index < -0.39 is 0 Å². The number of benzene rings is 5. The molecule has 1 aliphatic carbocycles. The van der Waals surface area contributed by atoms with Gasteiger partial charge in [0, 0.05) is 44.2 Å². The van der Waals surface area contributed by atoms with Crippen LogP contribution in [0.2, 0.25) is 0 Å². The van der Waals surface area contributed by atoms with E-state index in [0.717, 1.165) is 34.9 Å². The fourth-order valence-electron chi connectivity index (χ4n) is 6.85. The summed E-state index contributed by atoms with van der Waals surface area (Å²) < 4.78 is 4.64. The maximum Gasteiger partial charge on any atom is 0.238 e. The second kappa shape index (κ2) is 10.4. The average Bonchev–Trinajstić information content (AvgIpc) is 3.64. The minimum absolute atomic E-state index is 0.567. The van der Waals surface area contributed by atoms with Gasteiger partial charge < -0.3 is 4.57 Å². The van der Waals surface area contributed by atoms with Gasteiger partial charge in [0.15, 0.2) is 11.6 Å². The summed E-state index contributed by atoms with van der Waals surface area (Å²) in [7, 11) is 0. The number of nitriles is 1. The van der Waals surface area contributed by atoms with Crippen molar-refractivity contribution in [1.82, 2.24) is 24.1 Å². The monoisotopic (exact) mass is 590 g/mol. The van der Waals surface area contributed by atoms with E-state index >= 15 is 0 Å². The Balaban J connectivity index is 1.28. The molecule has 6 heteroatoms. The molecule has 0 N–H and O–H groups in total. The Morgan fingerprint density at radius 2 is 1.07 bits per heavy atom. The lowest BCUT2D eigenvalue weighted by atomic mass is 9.99. The first-order valence-corrected chi connectivity index (χ1v) is 15.4. The van der Waals surface area contributed by atoms with Crippen molar-refractivity contribution in [1.29, 1.82) is 5.26 Å². The summed E-state index contributed by atoms with van der Waals surface area (Å²) in [6.45, 7) is 0. The average molecular weight is 591 g/mol. The number of hydrogen-bond donors (Lipinski definition) is 0. The Morgan fingerprint density at radius 1 is 0.522 bits per heavy atom. The maximum absolute atomic E-state index is 9.36. The van der Waals surface area contributed by atoms with Gasteiger partial charge in [0.25, 0.3) is 0 Å². The molecule has 0 fully saturated rings. The number of aromatic nitrogens is 5. The minimum Gasteiger partial charge on any atom is -0.313 e. The van der Waals surface area contributed by atoms with E-state index in [9.17, 15) is 5.26 Å². The summed E-state index contributed by atoms with van der Waals surface area (Å²) in [5.41, 5.74) is 9.49. The Kier molecular flexibility index (Phi) is 5.90. The Labute approximate surface area is 265 Å². The molecule has 3 aromatic heterocycles. The zero-order chi connectivity index (χ0) is 30.6. The zero-order valence-electron chi connectivity index (χ0n) is 24.8. The van der Waals surface area contributed by atoms with Gasteiger partial charge in [-0.1, -0.05) is 84.9 Å². The second-order valence-electron chi connectivity index (χ2n) is 11.6. The smallest absolute Gasteiger partial charge is 0.238 e. The Bertz CT molecular complexity index is 2480. The molecule has 216 valence electrons. The van der Waals surface area contributed by atoms with Crippen LogP contribution in [0, 0.1) is 11.3 Å². The van der Waals surface area contributed by atoms with Crippen LogP contribution in [0.4, 0.5) is 0 Å². The van der Waals surface area contributed by atoms with Crippen LogP contribution in [-0.2, 0) is 6.42 Å². The molecule has 5 aromatic carbocycles. The van der Waals surface area contributed by atoms with Crippen molar-refractivity contribution in [2.75, 3.05) is 0 Å². The zero-order valence-corrected chi connectivity index (χ0v) is 24.8. The molecule has 0 radical (unpaired) electrons. The van der Waals surface area contributed by atoms with E-state index in [1.165, 1.54) is 38.8 Å². The van der Waals surface area contributed by atoms with Crippen LogP contribution in [0.1, 0.15) is 23.2 Å². The van der Waals surface area contributed by atoms with Gasteiger partial charge in [0.05, 0.1) is 28.2 Å². The molecule has 3 heterocycles. The summed E-state index contributed by atoms with van der Waals surface area (Å²) in [6, 6.07) is 45.5. The fourth-order valence-corrected chi connectivity index (χ4v) is 6.85. The van der Waals surface area contributed by atoms with Crippen LogP contribution in [0.5, 0.6) is 0 Å². The molecule has 0 amide bonds. The molecule has 0 atom stereocenters. The van der Waals surface area contributed by atoms with Crippen molar-refractivity contribution in [3.05, 3.63) is 144 Å². The molecule has 1 aliphatic rings. The lowest BCUT2D eigenvalue weighted by Crippen LogP contribution is -2.12. The van der Waals surface area contributed by atoms with E-state index in [-0.39, 0.29) is 0 Å². The summed E-state index contributed by atoms with van der Waals surface area (Å²) in [6.07, 6.45) is 4.05. The molecule has 0 bridgehead atoms. The number of para-hydroxylation sites is 3. The van der Waals surface area contributed by atoms with E-state index in [0.29, 0.717) is 23.2 Å². The van der Waals surface area contributed by atoms with Crippen molar-refractivity contribution < 1.29 is 0 Å². The van der Waals surface area contributed by atoms with Crippen molar-refractivity contribution >= 4 is 44.5 Å². The molecule has 0 spiro atoms. The Morgan fingerprint density at radius 3 is 1.70 bits per heavy atom. The lowest BCUT2D eigenvalue weighted by Gasteiger charge is -2.19. The van der Waals surface area contributed by atoms with Gasteiger partial charge in [-0.25, -0.2) is 4.98 Å². The molecular weight excluding hydrogens is 564 g/mol. The fraction of sp³-hybridized carbons (Fsp3) is 0.0500. The van der Waals surface area contributed by atoms with Crippen molar-refractivity contribution in [3.63, 3.8) is 0 Å². The largest absolute Gasteiger partial charge is 0.313 e. The second-order valence-corrected chi connectivity index (χ2v) is 11.6. The molecule has 46 heavy (non-hydrogen) atoms. The van der Waals surface area contributed by atoms with Gasteiger partial charge in [0.2, 0.25) is 5.95 Å². The van der Waals surface area contributed by atoms with E-state index in [1.807, 2.05) is 42.5 Å². The van der Waals surface area contributed by atoms with Crippen LogP contribution in [0.25, 0.3) is 73.2 Å². The number of nitrogens with zero attached hydrogens (tertiary/aromatic N) is 6. The van der Waals surface area contributed by atoms with E-state index in [2.05, 4.69) is 94.1 Å². The lowest BCUT2D eigenvalue weighted by molar-refractivity contribution is 0.832. The van der Waals surface area contributed by atoms with Gasteiger partial charge >= 0.3 is 0 Å². The van der Waals surface area contributed by atoms with Crippen LogP contribution >= 0.6 is 0 Å². The van der Waals surface area contributed by atoms with Gasteiger partial charge in [-0.2, -0.15) is 15.2 Å². The van der Waals surface area contributed by atoms with Crippen LogP contribution in [-0.4, -0.2) is 24.1 Å². The van der Waals surface area contributed by atoms with Gasteiger partial charge in [-0.15, -0.1) is 0 Å². The van der Waals surface area contributed by atoms with Gasteiger partial charge in [-0.3, -0.25) is 4.57 Å². The summed E-state index contributed by atoms with van der Waals surface area (Å²) in [4.78, 5) is 15.0. The first-order valence-electron chi connectivity index (χ1n) is 15.4. The topological polar surface area (TPSA) is 72.3 Å². The van der Waals surface area contributed by atoms with Gasteiger partial charge in [0.1, 0.15) is 0 Å². The van der Waals surface area contributed by atoms with Crippen molar-refractivity contribution in [2.45, 2.75) is 12.8 Å². The molecule has 0 saturated heterocycles. The first-order chi connectivity index (χ1) is 22.8. The molecule has 0 saturated carbocycles. The van der Waals surface area contributed by atoms with Gasteiger partial charge in [-0.05, 0) is 61.4 Å². The molecule has 0 aliphatic heterocycles. The van der Waals surface area contributed by atoms with Crippen molar-refractivity contribution in [3.8, 4) is 34.8 Å². The highest BCUT2D eigenvalue weighted by Gasteiger charge is 2.25. The minimum atomic E-state index is 0.567. The highest BCUT2D eigenvalue weighted by Crippen LogP contribution is 2.40. The molecule has 6 nitrogen and oxygen atoms in total. The highest BCUT2D eigenvalue weighted by atomic mass is 15.2. The Hall–Kier alpha value is -6.32. The summed E-state index contributed by atoms with van der Waals surface area (Å²) >= 11 is 0. The number of rotatable bonds is 4. The number of fused-ring (bicyclic) bond motifs is 6. The maximum atomic E-state index is 9.36. The predicted molar refractivity (Wildman–Crippen MR) is 184 cm³/mol. The third kappa shape index (κ3) is 4.06. The first kappa shape index (κ1) is 26.1. The summed E-state index contributed by atoms with van der Waals surface area (Å²) in [5.74, 6) is 1.75. The third-order valence-electron chi connectivity index (χ3n) is 8.94. The number of hydrogen-bond acceptors (Lipinski definition) is 4. The standard InChI is InChI=1S/C40H26N6/c41-25-26-18-20-28(21-19-26)39-42-38(27-10-2-1-3-11-27)43-40(44-39)46-36-17-9-6-14-32(36)33-24-29(22-23-37(33)46)45-34-15-7-4-12-30(34)31-13-5-8-16-35(31)45/h1-21,24H,22-23H2. The molecular formula is C40H26N6. The normalized spacial score (nSPS) is 12.7. The third-order valence-corrected chi connectivity index (χ3v) is 8.94. The van der Waals surface area contributed by atoms with Crippen LogP contribution < -0.4 is 0 Å². The van der Waals surface area contributed by atoms with Crippen LogP contribution in [0.3, 0.4) is 0 Å². The van der Waals surface area contributed by atoms with E-state index in [1.54, 1.807) is 12.1 Å². The SMILES string of the molecule is N#Cc1ccc(-c2nc(-c3ccccc3)nc(-n3c4c(c5ccccc53)C=C(n3c5ccccc5c5ccccc53)CC4)n2)cc1. The predicted octanol–water partition coefficient (Wildman–Crippen LogP) is 9.07. The summed E-state index contributed by atoms with van der Waals surface area (Å²) in [5, 5.41) is 13.1. The quantitative estimate of drug-likeness (QED) is 0.205.